The van der Waals surface area contributed by atoms with Crippen LogP contribution < -0.4 is 0 Å². The van der Waals surface area contributed by atoms with Gasteiger partial charge in [0.2, 0.25) is 5.82 Å². The first kappa shape index (κ1) is 6.90. The van der Waals surface area contributed by atoms with E-state index >= 15 is 0 Å². The quantitative estimate of drug-likeness (QED) is 0.626. The fourth-order valence-electron chi connectivity index (χ4n) is 0.873. The number of rotatable bonds is 1. The van der Waals surface area contributed by atoms with Crippen molar-refractivity contribution in [3.63, 3.8) is 0 Å². The molecule has 0 N–H and O–H groups in total. The van der Waals surface area contributed by atoms with Crippen molar-refractivity contribution in [2.45, 2.75) is 0 Å². The summed E-state index contributed by atoms with van der Waals surface area (Å²) >= 11 is 0. The van der Waals surface area contributed by atoms with Gasteiger partial charge in [0.15, 0.2) is 0 Å². The van der Waals surface area contributed by atoms with Crippen LogP contribution in [-0.4, -0.2) is 20.4 Å². The summed E-state index contributed by atoms with van der Waals surface area (Å²) in [6, 6.07) is 9.58. The van der Waals surface area contributed by atoms with E-state index in [0.29, 0.717) is 5.56 Å². The number of aromatic nitrogens is 4. The Morgan fingerprint density at radius 3 is 3.00 bits per heavy atom. The highest BCUT2D eigenvalue weighted by molar-refractivity contribution is 5.53. The van der Waals surface area contributed by atoms with Gasteiger partial charge in [-0.1, -0.05) is 27.6 Å². The van der Waals surface area contributed by atoms with E-state index in [0.717, 1.165) is 0 Å². The molecule has 4 nitrogen and oxygen atoms in total. The van der Waals surface area contributed by atoms with Crippen molar-refractivity contribution in [1.29, 1.82) is 0 Å². The van der Waals surface area contributed by atoms with Crippen LogP contribution in [0.15, 0.2) is 24.3 Å². The van der Waals surface area contributed by atoms with Crippen LogP contribution in [0.25, 0.3) is 11.4 Å². The predicted molar refractivity (Wildman–Crippen MR) is 38.6 cm³/mol. The Labute approximate surface area is 67.6 Å². The third kappa shape index (κ3) is 1.05. The molecule has 0 saturated heterocycles. The van der Waals surface area contributed by atoms with E-state index < -0.39 is 0 Å². The van der Waals surface area contributed by atoms with Crippen molar-refractivity contribution in [1.82, 2.24) is 20.4 Å². The van der Waals surface area contributed by atoms with E-state index in [1.54, 1.807) is 24.3 Å². The summed E-state index contributed by atoms with van der Waals surface area (Å²) in [6.45, 7) is 0. The Hall–Kier alpha value is -1.78. The Bertz CT molecular complexity index is 370. The monoisotopic (exact) mass is 163 g/mol. The molecule has 0 fully saturated rings. The molecule has 1 radical (unpaired) electrons. The molecule has 0 amide bonds. The van der Waals surface area contributed by atoms with Crippen LogP contribution in [0.1, 0.15) is 0 Å². The zero-order chi connectivity index (χ0) is 8.39. The SMILES string of the molecule is Fn1nnnc1-c1c[c]ccc1. The van der Waals surface area contributed by atoms with Gasteiger partial charge in [-0.3, -0.25) is 0 Å². The van der Waals surface area contributed by atoms with Gasteiger partial charge >= 0.3 is 0 Å². The molecule has 0 bridgehead atoms. The van der Waals surface area contributed by atoms with Gasteiger partial charge in [-0.05, 0) is 22.6 Å². The smallest absolute Gasteiger partial charge is 0.105 e. The minimum atomic E-state index is 0.0897. The molecule has 2 aromatic rings. The first-order chi connectivity index (χ1) is 5.88. The molecule has 1 aromatic carbocycles. The predicted octanol–water partition coefficient (Wildman–Crippen LogP) is 0.873. The molecule has 1 aromatic heterocycles. The molecule has 0 atom stereocenters. The third-order valence-electron chi connectivity index (χ3n) is 1.40. The zero-order valence-corrected chi connectivity index (χ0v) is 5.98. The van der Waals surface area contributed by atoms with Crippen molar-refractivity contribution >= 4 is 0 Å². The largest absolute Gasteiger partial charge is 0.216 e. The molecule has 0 saturated carbocycles. The maximum atomic E-state index is 12.7. The van der Waals surface area contributed by atoms with Gasteiger partial charge in [-0.15, -0.1) is 5.10 Å². The molecule has 0 spiro atoms. The number of halogens is 1. The number of hydrogen-bond acceptors (Lipinski definition) is 3. The van der Waals surface area contributed by atoms with E-state index in [-0.39, 0.29) is 10.7 Å². The zero-order valence-electron chi connectivity index (χ0n) is 5.98. The first-order valence-electron chi connectivity index (χ1n) is 3.29. The van der Waals surface area contributed by atoms with Crippen molar-refractivity contribution in [3.8, 4) is 11.4 Å². The summed E-state index contributed by atoms with van der Waals surface area (Å²) in [7, 11) is 0. The summed E-state index contributed by atoms with van der Waals surface area (Å²) in [5, 5.41) is 9.73. The second kappa shape index (κ2) is 2.69. The Morgan fingerprint density at radius 1 is 1.50 bits per heavy atom. The summed E-state index contributed by atoms with van der Waals surface area (Å²) in [6.07, 6.45) is 0. The molecular weight excluding hydrogens is 159 g/mol. The number of benzene rings is 1. The maximum Gasteiger partial charge on any atom is 0.216 e. The van der Waals surface area contributed by atoms with Crippen LogP contribution in [0.4, 0.5) is 4.48 Å². The summed E-state index contributed by atoms with van der Waals surface area (Å²) < 4.78 is 12.7. The van der Waals surface area contributed by atoms with Crippen LogP contribution in [-0.2, 0) is 0 Å². The van der Waals surface area contributed by atoms with Crippen LogP contribution in [0.3, 0.4) is 0 Å². The Kier molecular flexibility index (Phi) is 1.55. The fraction of sp³-hybridized carbons (Fsp3) is 0. The summed E-state index contributed by atoms with van der Waals surface area (Å²) in [5.41, 5.74) is 0.602. The van der Waals surface area contributed by atoms with Gasteiger partial charge in [0.25, 0.3) is 0 Å². The van der Waals surface area contributed by atoms with Crippen molar-refractivity contribution in [2.75, 3.05) is 0 Å². The minimum absolute atomic E-state index is 0.0897. The van der Waals surface area contributed by atoms with E-state index in [1.165, 1.54) is 0 Å². The van der Waals surface area contributed by atoms with Crippen LogP contribution in [0.2, 0.25) is 0 Å². The maximum absolute atomic E-state index is 12.7. The standard InChI is InChI=1S/C7H4FN4/c8-12-7(9-10-11-12)6-4-2-1-3-5-6/h1-2,4-5H. The lowest BCUT2D eigenvalue weighted by Crippen LogP contribution is -1.89. The molecule has 2 rings (SSSR count). The summed E-state index contributed by atoms with van der Waals surface area (Å²) in [5.74, 6) is 0.0897. The van der Waals surface area contributed by atoms with E-state index in [9.17, 15) is 4.48 Å². The van der Waals surface area contributed by atoms with Gasteiger partial charge in [0, 0.05) is 5.56 Å². The minimum Gasteiger partial charge on any atom is -0.105 e. The topological polar surface area (TPSA) is 43.6 Å². The molecule has 0 aliphatic carbocycles. The summed E-state index contributed by atoms with van der Waals surface area (Å²) in [4.78, 5) is 0.128. The van der Waals surface area contributed by atoms with Gasteiger partial charge in [0.1, 0.15) is 0 Å². The second-order valence-corrected chi connectivity index (χ2v) is 2.15. The second-order valence-electron chi connectivity index (χ2n) is 2.15. The molecule has 5 heteroatoms. The average Bonchev–Trinajstić information content (AvgIpc) is 2.53. The lowest BCUT2D eigenvalue weighted by molar-refractivity contribution is 0.311. The molecule has 0 unspecified atom stereocenters. The van der Waals surface area contributed by atoms with Crippen LogP contribution in [0, 0.1) is 6.07 Å². The highest BCUT2D eigenvalue weighted by Crippen LogP contribution is 2.13. The normalized spacial score (nSPS) is 10.1. The van der Waals surface area contributed by atoms with Gasteiger partial charge in [-0.2, -0.15) is 0 Å². The lowest BCUT2D eigenvalue weighted by Gasteiger charge is -1.92. The highest BCUT2D eigenvalue weighted by atomic mass is 19.2. The Balaban J connectivity index is 2.51. The molecule has 1 heterocycles. The van der Waals surface area contributed by atoms with Gasteiger partial charge < -0.3 is 0 Å². The molecule has 0 aliphatic rings. The molecule has 59 valence electrons. The number of nitrogens with zero attached hydrogens (tertiary/aromatic N) is 4. The van der Waals surface area contributed by atoms with E-state index in [4.69, 9.17) is 0 Å². The van der Waals surface area contributed by atoms with E-state index in [1.807, 2.05) is 0 Å². The van der Waals surface area contributed by atoms with Crippen molar-refractivity contribution in [3.05, 3.63) is 30.3 Å². The lowest BCUT2D eigenvalue weighted by atomic mass is 10.2. The van der Waals surface area contributed by atoms with E-state index in [2.05, 4.69) is 21.6 Å². The Morgan fingerprint density at radius 2 is 2.42 bits per heavy atom. The van der Waals surface area contributed by atoms with Crippen molar-refractivity contribution < 1.29 is 4.48 Å². The van der Waals surface area contributed by atoms with Gasteiger partial charge in [-0.25, -0.2) is 0 Å². The van der Waals surface area contributed by atoms with Crippen molar-refractivity contribution in [2.24, 2.45) is 0 Å². The van der Waals surface area contributed by atoms with Crippen LogP contribution in [0.5, 0.6) is 0 Å². The first-order valence-corrected chi connectivity index (χ1v) is 3.29. The third-order valence-corrected chi connectivity index (χ3v) is 1.40. The fourth-order valence-corrected chi connectivity index (χ4v) is 0.873. The van der Waals surface area contributed by atoms with Gasteiger partial charge in [0.05, 0.1) is 0 Å². The molecular formula is C7H4FN4. The number of hydrogen-bond donors (Lipinski definition) is 0. The highest BCUT2D eigenvalue weighted by Gasteiger charge is 2.06. The average molecular weight is 163 g/mol. The number of tetrazole rings is 1. The molecule has 12 heavy (non-hydrogen) atoms. The molecule has 0 aliphatic heterocycles. The van der Waals surface area contributed by atoms with Crippen LogP contribution >= 0.6 is 0 Å².